The summed E-state index contributed by atoms with van der Waals surface area (Å²) < 4.78 is 5.91. The Morgan fingerprint density at radius 2 is 1.76 bits per heavy atom. The van der Waals surface area contributed by atoms with Gasteiger partial charge in [-0.2, -0.15) is 0 Å². The van der Waals surface area contributed by atoms with Crippen LogP contribution in [-0.2, 0) is 6.42 Å². The van der Waals surface area contributed by atoms with Gasteiger partial charge in [0.15, 0.2) is 0 Å². The van der Waals surface area contributed by atoms with Gasteiger partial charge in [0.2, 0.25) is 0 Å². The summed E-state index contributed by atoms with van der Waals surface area (Å²) in [6, 6.07) is 6.39. The Kier molecular flexibility index (Phi) is 6.65. The normalized spacial score (nSPS) is 11.1. The molecule has 0 fully saturated rings. The Labute approximate surface area is 128 Å². The van der Waals surface area contributed by atoms with Crippen LogP contribution < -0.4 is 4.74 Å². The Morgan fingerprint density at radius 3 is 2.57 bits per heavy atom. The molecule has 21 heavy (non-hydrogen) atoms. The second-order valence-electron chi connectivity index (χ2n) is 5.89. The molecule has 0 bridgehead atoms. The van der Waals surface area contributed by atoms with Crippen molar-refractivity contribution in [2.45, 2.75) is 65.2 Å². The number of hydrogen-bond acceptors (Lipinski definition) is 1. The summed E-state index contributed by atoms with van der Waals surface area (Å²) >= 11 is 0. The third-order valence-electron chi connectivity index (χ3n) is 4.02. The highest BCUT2D eigenvalue weighted by Gasteiger charge is 2.04. The molecule has 0 aliphatic rings. The fourth-order valence-electron chi connectivity index (χ4n) is 2.80. The average molecular weight is 287 g/mol. The number of hydrogen-bond donors (Lipinski definition) is 1. The van der Waals surface area contributed by atoms with Crippen LogP contribution in [0.15, 0.2) is 24.4 Å². The lowest BCUT2D eigenvalue weighted by Crippen LogP contribution is -1.97. The van der Waals surface area contributed by atoms with Crippen LogP contribution in [0.3, 0.4) is 0 Å². The summed E-state index contributed by atoms with van der Waals surface area (Å²) in [4.78, 5) is 3.34. The number of aromatic amines is 1. The van der Waals surface area contributed by atoms with Gasteiger partial charge in [-0.1, -0.05) is 52.4 Å². The summed E-state index contributed by atoms with van der Waals surface area (Å²) in [5.41, 5.74) is 2.61. The van der Waals surface area contributed by atoms with E-state index in [0.717, 1.165) is 25.2 Å². The van der Waals surface area contributed by atoms with E-state index in [2.05, 4.69) is 43.2 Å². The number of aromatic nitrogens is 1. The first-order valence-corrected chi connectivity index (χ1v) is 8.58. The Morgan fingerprint density at radius 1 is 0.952 bits per heavy atom. The van der Waals surface area contributed by atoms with Crippen molar-refractivity contribution in [1.29, 1.82) is 0 Å². The third kappa shape index (κ3) is 4.80. The molecule has 0 amide bonds. The minimum atomic E-state index is 0.838. The van der Waals surface area contributed by atoms with Crippen molar-refractivity contribution in [3.8, 4) is 5.75 Å². The van der Waals surface area contributed by atoms with E-state index in [1.807, 2.05) is 0 Å². The number of rotatable bonds is 10. The zero-order valence-electron chi connectivity index (χ0n) is 13.6. The number of ether oxygens (including phenoxy) is 1. The topological polar surface area (TPSA) is 25.0 Å². The lowest BCUT2D eigenvalue weighted by atomic mass is 10.1. The molecule has 0 spiro atoms. The quantitative estimate of drug-likeness (QED) is 0.544. The molecule has 0 aliphatic carbocycles. The van der Waals surface area contributed by atoms with Crippen LogP contribution in [0, 0.1) is 0 Å². The van der Waals surface area contributed by atoms with E-state index in [-0.39, 0.29) is 0 Å². The highest BCUT2D eigenvalue weighted by atomic mass is 16.5. The number of unbranched alkanes of at least 4 members (excludes halogenated alkanes) is 5. The standard InChI is InChI=1S/C19H29NO/c1-3-5-6-7-8-9-13-21-17-11-12-19-18(14-17)16(10-4-2)15-20-19/h11-12,14-15,20H,3-10,13H2,1-2H3. The predicted octanol–water partition coefficient (Wildman–Crippen LogP) is 5.86. The Bertz CT molecular complexity index is 529. The second kappa shape index (κ2) is 8.76. The van der Waals surface area contributed by atoms with Gasteiger partial charge < -0.3 is 9.72 Å². The molecular formula is C19H29NO. The summed E-state index contributed by atoms with van der Waals surface area (Å²) in [5, 5.41) is 1.32. The van der Waals surface area contributed by atoms with E-state index in [1.54, 1.807) is 0 Å². The molecule has 2 nitrogen and oxygen atoms in total. The van der Waals surface area contributed by atoms with Gasteiger partial charge >= 0.3 is 0 Å². The molecule has 0 radical (unpaired) electrons. The number of H-pyrrole nitrogens is 1. The van der Waals surface area contributed by atoms with Gasteiger partial charge in [0, 0.05) is 17.1 Å². The molecule has 0 unspecified atom stereocenters. The molecule has 1 N–H and O–H groups in total. The predicted molar refractivity (Wildman–Crippen MR) is 91.2 cm³/mol. The lowest BCUT2D eigenvalue weighted by Gasteiger charge is -2.07. The van der Waals surface area contributed by atoms with Crippen LogP contribution in [0.5, 0.6) is 5.75 Å². The maximum Gasteiger partial charge on any atom is 0.120 e. The van der Waals surface area contributed by atoms with Gasteiger partial charge in [0.1, 0.15) is 5.75 Å². The van der Waals surface area contributed by atoms with Gasteiger partial charge in [-0.15, -0.1) is 0 Å². The molecule has 2 heteroatoms. The van der Waals surface area contributed by atoms with Crippen LogP contribution in [0.2, 0.25) is 0 Å². The fraction of sp³-hybridized carbons (Fsp3) is 0.579. The van der Waals surface area contributed by atoms with Crippen molar-refractivity contribution in [1.82, 2.24) is 4.98 Å². The van der Waals surface area contributed by atoms with E-state index in [1.165, 1.54) is 55.0 Å². The van der Waals surface area contributed by atoms with Crippen molar-refractivity contribution in [3.05, 3.63) is 30.0 Å². The molecule has 0 saturated carbocycles. The number of benzene rings is 1. The molecule has 2 rings (SSSR count). The van der Waals surface area contributed by atoms with Crippen molar-refractivity contribution in [3.63, 3.8) is 0 Å². The van der Waals surface area contributed by atoms with E-state index >= 15 is 0 Å². The highest BCUT2D eigenvalue weighted by Crippen LogP contribution is 2.24. The van der Waals surface area contributed by atoms with Crippen molar-refractivity contribution >= 4 is 10.9 Å². The van der Waals surface area contributed by atoms with Crippen LogP contribution in [-0.4, -0.2) is 11.6 Å². The molecule has 1 aromatic carbocycles. The van der Waals surface area contributed by atoms with Gasteiger partial charge in [-0.25, -0.2) is 0 Å². The van der Waals surface area contributed by atoms with Crippen molar-refractivity contribution < 1.29 is 4.74 Å². The Hall–Kier alpha value is -1.44. The van der Waals surface area contributed by atoms with Gasteiger partial charge in [0.05, 0.1) is 6.61 Å². The summed E-state index contributed by atoms with van der Waals surface area (Å²) in [6.45, 7) is 5.32. The Balaban J connectivity index is 1.80. The molecule has 1 heterocycles. The SMILES string of the molecule is CCCCCCCCOc1ccc2[nH]cc(CCC)c2c1. The fourth-order valence-corrected chi connectivity index (χ4v) is 2.80. The van der Waals surface area contributed by atoms with Crippen LogP contribution >= 0.6 is 0 Å². The van der Waals surface area contributed by atoms with E-state index in [9.17, 15) is 0 Å². The second-order valence-corrected chi connectivity index (χ2v) is 5.89. The summed E-state index contributed by atoms with van der Waals surface area (Å²) in [5.74, 6) is 1.01. The molecule has 116 valence electrons. The van der Waals surface area contributed by atoms with Crippen molar-refractivity contribution in [2.24, 2.45) is 0 Å². The van der Waals surface area contributed by atoms with E-state index in [4.69, 9.17) is 4.74 Å². The van der Waals surface area contributed by atoms with Crippen LogP contribution in [0.4, 0.5) is 0 Å². The minimum absolute atomic E-state index is 0.838. The van der Waals surface area contributed by atoms with Crippen molar-refractivity contribution in [2.75, 3.05) is 6.61 Å². The number of nitrogens with one attached hydrogen (secondary N) is 1. The van der Waals surface area contributed by atoms with E-state index < -0.39 is 0 Å². The van der Waals surface area contributed by atoms with Gasteiger partial charge in [-0.05, 0) is 36.6 Å². The molecule has 2 aromatic rings. The first-order chi connectivity index (χ1) is 10.3. The number of fused-ring (bicyclic) bond motifs is 1. The van der Waals surface area contributed by atoms with Gasteiger partial charge in [-0.3, -0.25) is 0 Å². The molecule has 0 atom stereocenters. The number of aryl methyl sites for hydroxylation is 1. The monoisotopic (exact) mass is 287 g/mol. The lowest BCUT2D eigenvalue weighted by molar-refractivity contribution is 0.305. The summed E-state index contributed by atoms with van der Waals surface area (Å²) in [7, 11) is 0. The smallest absolute Gasteiger partial charge is 0.120 e. The molecule has 1 aromatic heterocycles. The highest BCUT2D eigenvalue weighted by molar-refractivity contribution is 5.84. The first-order valence-electron chi connectivity index (χ1n) is 8.58. The first kappa shape index (κ1) is 15.9. The molecule has 0 saturated heterocycles. The average Bonchev–Trinajstić information content (AvgIpc) is 2.89. The zero-order valence-corrected chi connectivity index (χ0v) is 13.6. The van der Waals surface area contributed by atoms with Gasteiger partial charge in [0.25, 0.3) is 0 Å². The summed E-state index contributed by atoms with van der Waals surface area (Å²) in [6.07, 6.45) is 12.3. The molecular weight excluding hydrogens is 258 g/mol. The maximum atomic E-state index is 5.91. The minimum Gasteiger partial charge on any atom is -0.494 e. The zero-order chi connectivity index (χ0) is 14.9. The van der Waals surface area contributed by atoms with Crippen LogP contribution in [0.1, 0.15) is 64.4 Å². The largest absolute Gasteiger partial charge is 0.494 e. The maximum absolute atomic E-state index is 5.91. The van der Waals surface area contributed by atoms with Crippen LogP contribution in [0.25, 0.3) is 10.9 Å². The van der Waals surface area contributed by atoms with E-state index in [0.29, 0.717) is 0 Å². The third-order valence-corrected chi connectivity index (χ3v) is 4.02. The molecule has 0 aliphatic heterocycles.